The van der Waals surface area contributed by atoms with Crippen molar-refractivity contribution in [3.8, 4) is 6.01 Å². The van der Waals surface area contributed by atoms with Crippen LogP contribution in [0.25, 0.3) is 0 Å². The van der Waals surface area contributed by atoms with E-state index < -0.39 is 0 Å². The van der Waals surface area contributed by atoms with Gasteiger partial charge in [-0.1, -0.05) is 12.4 Å². The molecule has 1 aromatic rings. The van der Waals surface area contributed by atoms with Crippen LogP contribution in [0.15, 0.2) is 12.3 Å². The second-order valence-corrected chi connectivity index (χ2v) is 1.17. The molecule has 1 radical (unpaired) electrons. The van der Waals surface area contributed by atoms with Crippen LogP contribution in [0.5, 0.6) is 6.01 Å². The molecule has 0 aliphatic carbocycles. The Hall–Kier alpha value is -0.0161. The van der Waals surface area contributed by atoms with Crippen molar-refractivity contribution in [2.45, 2.75) is 0 Å². The Morgan fingerprint density at radius 2 is 2.44 bits per heavy atom. The molecule has 0 bridgehead atoms. The van der Waals surface area contributed by atoms with Crippen LogP contribution in [-0.4, -0.2) is 17.1 Å². The van der Waals surface area contributed by atoms with E-state index in [9.17, 15) is 0 Å². The van der Waals surface area contributed by atoms with Crippen molar-refractivity contribution in [3.05, 3.63) is 18.5 Å². The first-order valence-electron chi connectivity index (χ1n) is 2.16. The van der Waals surface area contributed by atoms with Crippen LogP contribution in [0.4, 0.5) is 0 Å². The minimum absolute atomic E-state index is 0. The van der Waals surface area contributed by atoms with Gasteiger partial charge in [-0.3, -0.25) is 0 Å². The Balaban J connectivity index is 0.000000640. The Bertz CT molecular complexity index is 156. The molecular weight excluding hydrogens is 193 g/mol. The predicted octanol–water partition coefficient (Wildman–Crippen LogP) is 0.283. The molecule has 1 aromatic heterocycles. The van der Waals surface area contributed by atoms with Crippen LogP contribution in [-0.2, 0) is 32.7 Å². The fourth-order valence-electron chi connectivity index (χ4n) is 0.354. The molecule has 0 unspecified atom stereocenters. The van der Waals surface area contributed by atoms with Gasteiger partial charge in [0.2, 0.25) is 0 Å². The average Bonchev–Trinajstić information content (AvgIpc) is 1.90. The molecule has 3 nitrogen and oxygen atoms in total. The van der Waals surface area contributed by atoms with Crippen LogP contribution >= 0.6 is 0 Å². The number of ether oxygens (including phenoxy) is 1. The van der Waals surface area contributed by atoms with E-state index >= 15 is 0 Å². The van der Waals surface area contributed by atoms with Gasteiger partial charge in [-0.15, -0.1) is 6.07 Å². The Labute approximate surface area is 78.7 Å². The zero-order valence-electron chi connectivity index (χ0n) is 5.03. The quantitative estimate of drug-likeness (QED) is 0.608. The molecule has 0 aliphatic heterocycles. The van der Waals surface area contributed by atoms with Crippen LogP contribution < -0.4 is 4.74 Å². The van der Waals surface area contributed by atoms with Crippen molar-refractivity contribution < 1.29 is 37.4 Å². The second-order valence-electron chi connectivity index (χ2n) is 1.17. The topological polar surface area (TPSA) is 35.0 Å². The minimum atomic E-state index is 0. The Kier molecular flexibility index (Phi) is 4.82. The Morgan fingerprint density at radius 3 is 2.78 bits per heavy atom. The molecule has 0 aliphatic rings. The minimum Gasteiger partial charge on any atom is -0.524 e. The van der Waals surface area contributed by atoms with Gasteiger partial charge in [-0.25, -0.2) is 0 Å². The van der Waals surface area contributed by atoms with Crippen LogP contribution in [0.2, 0.25) is 0 Å². The monoisotopic (exact) mass is 198 g/mol. The zero-order valence-corrected chi connectivity index (χ0v) is 7.87. The number of hydrogen-bond acceptors (Lipinski definition) is 3. The number of rotatable bonds is 1. The van der Waals surface area contributed by atoms with Gasteiger partial charge < -0.3 is 14.7 Å². The molecule has 1 rings (SSSR count). The third kappa shape index (κ3) is 2.87. The molecular formula is C5H5N2OY-. The molecule has 0 fully saturated rings. The van der Waals surface area contributed by atoms with E-state index in [4.69, 9.17) is 0 Å². The van der Waals surface area contributed by atoms with Crippen LogP contribution in [0, 0.1) is 6.20 Å². The van der Waals surface area contributed by atoms with E-state index in [2.05, 4.69) is 20.9 Å². The fraction of sp³-hybridized carbons (Fsp3) is 0.200. The van der Waals surface area contributed by atoms with Gasteiger partial charge in [0, 0.05) is 32.7 Å². The predicted molar refractivity (Wildman–Crippen MR) is 27.4 cm³/mol. The van der Waals surface area contributed by atoms with Crippen molar-refractivity contribution in [2.75, 3.05) is 7.11 Å². The second kappa shape index (κ2) is 4.82. The smallest absolute Gasteiger partial charge is 0.196 e. The number of methoxy groups -OCH3 is 1. The number of nitrogens with zero attached hydrogens (tertiary/aromatic N) is 2. The fourth-order valence-corrected chi connectivity index (χ4v) is 0.354. The summed E-state index contributed by atoms with van der Waals surface area (Å²) in [5, 5.41) is 0. The molecule has 4 heteroatoms. The van der Waals surface area contributed by atoms with Crippen molar-refractivity contribution in [1.82, 2.24) is 9.97 Å². The summed E-state index contributed by atoms with van der Waals surface area (Å²) < 4.78 is 4.66. The first-order chi connectivity index (χ1) is 3.93. The molecule has 0 aromatic carbocycles. The van der Waals surface area contributed by atoms with E-state index in [0.29, 0.717) is 6.01 Å². The summed E-state index contributed by atoms with van der Waals surface area (Å²) in [5.41, 5.74) is 0. The van der Waals surface area contributed by atoms with Gasteiger partial charge in [0.1, 0.15) is 0 Å². The largest absolute Gasteiger partial charge is 0.524 e. The van der Waals surface area contributed by atoms with E-state index in [1.807, 2.05) is 0 Å². The van der Waals surface area contributed by atoms with E-state index in [1.54, 1.807) is 12.3 Å². The molecule has 0 saturated heterocycles. The van der Waals surface area contributed by atoms with Crippen molar-refractivity contribution >= 4 is 0 Å². The third-order valence-corrected chi connectivity index (χ3v) is 0.677. The summed E-state index contributed by atoms with van der Waals surface area (Å²) in [7, 11) is 1.52. The molecule has 0 N–H and O–H groups in total. The molecule has 0 atom stereocenters. The van der Waals surface area contributed by atoms with Gasteiger partial charge >= 0.3 is 0 Å². The molecule has 0 saturated carbocycles. The number of aromatic nitrogens is 2. The normalized spacial score (nSPS) is 7.67. The van der Waals surface area contributed by atoms with Crippen molar-refractivity contribution in [1.29, 1.82) is 0 Å². The Morgan fingerprint density at radius 1 is 1.67 bits per heavy atom. The maximum Gasteiger partial charge on any atom is 0.196 e. The summed E-state index contributed by atoms with van der Waals surface area (Å²) in [6, 6.07) is 1.97. The van der Waals surface area contributed by atoms with Crippen LogP contribution in [0.1, 0.15) is 0 Å². The van der Waals surface area contributed by atoms with Gasteiger partial charge in [0.05, 0.1) is 7.11 Å². The zero-order chi connectivity index (χ0) is 5.82. The third-order valence-electron chi connectivity index (χ3n) is 0.677. The molecule has 0 amide bonds. The van der Waals surface area contributed by atoms with Gasteiger partial charge in [-0.2, -0.15) is 0 Å². The summed E-state index contributed by atoms with van der Waals surface area (Å²) in [6.45, 7) is 0. The standard InChI is InChI=1S/C5H5N2O.Y/c1-8-5-6-3-2-4-7-5;/h2-3H,1H3;/q-1;. The number of hydrogen-bond donors (Lipinski definition) is 0. The first-order valence-corrected chi connectivity index (χ1v) is 2.16. The molecule has 9 heavy (non-hydrogen) atoms. The van der Waals surface area contributed by atoms with Crippen LogP contribution in [0.3, 0.4) is 0 Å². The SMILES string of the molecule is COc1n[c-]ccn1.[Y]. The van der Waals surface area contributed by atoms with Gasteiger partial charge in [0.15, 0.2) is 6.01 Å². The van der Waals surface area contributed by atoms with Gasteiger partial charge in [-0.05, 0) is 0 Å². The average molecular weight is 198 g/mol. The summed E-state index contributed by atoms with van der Waals surface area (Å²) >= 11 is 0. The summed E-state index contributed by atoms with van der Waals surface area (Å²) in [5.74, 6) is 0. The molecule has 45 valence electrons. The van der Waals surface area contributed by atoms with E-state index in [0.717, 1.165) is 0 Å². The molecule has 0 spiro atoms. The van der Waals surface area contributed by atoms with E-state index in [1.165, 1.54) is 7.11 Å². The molecule has 1 heterocycles. The van der Waals surface area contributed by atoms with Crippen molar-refractivity contribution in [2.24, 2.45) is 0 Å². The summed E-state index contributed by atoms with van der Waals surface area (Å²) in [6.07, 6.45) is 4.15. The van der Waals surface area contributed by atoms with Crippen molar-refractivity contribution in [3.63, 3.8) is 0 Å². The summed E-state index contributed by atoms with van der Waals surface area (Å²) in [4.78, 5) is 7.37. The van der Waals surface area contributed by atoms with E-state index in [-0.39, 0.29) is 32.7 Å². The maximum absolute atomic E-state index is 4.66. The van der Waals surface area contributed by atoms with Gasteiger partial charge in [0.25, 0.3) is 0 Å². The first kappa shape index (κ1) is 8.98. The maximum atomic E-state index is 4.66.